The van der Waals surface area contributed by atoms with Crippen LogP contribution in [-0.4, -0.2) is 46.1 Å². The Morgan fingerprint density at radius 3 is 2.85 bits per heavy atom. The molecule has 0 radical (unpaired) electrons. The molecule has 2 aliphatic rings. The minimum absolute atomic E-state index is 0.226. The molecule has 2 aliphatic heterocycles. The molecule has 1 aromatic carbocycles. The standard InChI is InChI=1S/C19H18N4O4/c1-26-9-8-22-7-6-12-15(22)4-3-5-16(12)23-10-13-17(20-21-18(13)24)14(11-23)19(25)27-2/h3-7,10-11H,8-9H2,1-2H3,(H,21,24). The van der Waals surface area contributed by atoms with Crippen LogP contribution in [0.3, 0.4) is 0 Å². The van der Waals surface area contributed by atoms with Crippen molar-refractivity contribution in [3.8, 4) is 16.9 Å². The summed E-state index contributed by atoms with van der Waals surface area (Å²) in [7, 11) is 2.97. The number of hydrogen-bond donors (Lipinski definition) is 1. The Morgan fingerprint density at radius 2 is 2.07 bits per heavy atom. The van der Waals surface area contributed by atoms with E-state index in [1.807, 2.05) is 30.5 Å². The molecule has 0 bridgehead atoms. The fraction of sp³-hybridized carbons (Fsp3) is 0.211. The largest absolute Gasteiger partial charge is 0.465 e. The molecule has 0 aliphatic carbocycles. The average molecular weight is 366 g/mol. The highest BCUT2D eigenvalue weighted by Gasteiger charge is 2.22. The topological polar surface area (TPSA) is 91.1 Å². The van der Waals surface area contributed by atoms with Gasteiger partial charge < -0.3 is 18.6 Å². The summed E-state index contributed by atoms with van der Waals surface area (Å²) < 4.78 is 13.9. The monoisotopic (exact) mass is 366 g/mol. The van der Waals surface area contributed by atoms with E-state index in [1.54, 1.807) is 24.1 Å². The van der Waals surface area contributed by atoms with Crippen molar-refractivity contribution < 1.29 is 14.3 Å². The number of pyridine rings is 1. The summed E-state index contributed by atoms with van der Waals surface area (Å²) in [5.74, 6) is -0.550. The van der Waals surface area contributed by atoms with Crippen LogP contribution in [0, 0.1) is 0 Å². The van der Waals surface area contributed by atoms with Crippen LogP contribution in [0.25, 0.3) is 27.8 Å². The van der Waals surface area contributed by atoms with Crippen molar-refractivity contribution in [1.82, 2.24) is 19.3 Å². The maximum Gasteiger partial charge on any atom is 0.341 e. The van der Waals surface area contributed by atoms with E-state index in [-0.39, 0.29) is 11.1 Å². The number of carbonyl (C=O) groups is 1. The first-order valence-electron chi connectivity index (χ1n) is 8.40. The Hall–Kier alpha value is -3.39. The highest BCUT2D eigenvalue weighted by Crippen LogP contribution is 2.27. The average Bonchev–Trinajstić information content (AvgIpc) is 3.28. The molecule has 8 heteroatoms. The second kappa shape index (κ2) is 6.73. The number of aromatic amines is 1. The van der Waals surface area contributed by atoms with Crippen molar-refractivity contribution >= 4 is 16.9 Å². The first kappa shape index (κ1) is 17.0. The molecular formula is C19H18N4O4. The third-order valence-corrected chi connectivity index (χ3v) is 4.57. The Morgan fingerprint density at radius 1 is 1.22 bits per heavy atom. The minimum atomic E-state index is -0.550. The number of fused-ring (bicyclic) bond motifs is 2. The van der Waals surface area contributed by atoms with Gasteiger partial charge in [-0.2, -0.15) is 5.10 Å². The fourth-order valence-corrected chi connectivity index (χ4v) is 3.25. The highest BCUT2D eigenvalue weighted by molar-refractivity contribution is 5.96. The number of aromatic nitrogens is 4. The number of rotatable bonds is 5. The quantitative estimate of drug-likeness (QED) is 0.546. The van der Waals surface area contributed by atoms with Gasteiger partial charge in [0, 0.05) is 37.6 Å². The van der Waals surface area contributed by atoms with Gasteiger partial charge in [0.15, 0.2) is 0 Å². The van der Waals surface area contributed by atoms with E-state index in [9.17, 15) is 9.59 Å². The zero-order valence-electron chi connectivity index (χ0n) is 14.9. The van der Waals surface area contributed by atoms with Gasteiger partial charge in [-0.1, -0.05) is 6.07 Å². The molecule has 4 rings (SSSR count). The molecule has 2 aromatic rings. The molecule has 0 saturated carbocycles. The molecule has 1 aromatic heterocycles. The fourth-order valence-electron chi connectivity index (χ4n) is 3.25. The second-order valence-corrected chi connectivity index (χ2v) is 6.10. The molecule has 0 spiro atoms. The number of benzene rings is 1. The number of nitrogens with zero attached hydrogens (tertiary/aromatic N) is 3. The molecule has 0 saturated heterocycles. The summed E-state index contributed by atoms with van der Waals surface area (Å²) in [6.07, 6.45) is 5.30. The van der Waals surface area contributed by atoms with E-state index in [1.165, 1.54) is 7.11 Å². The second-order valence-electron chi connectivity index (χ2n) is 6.10. The normalized spacial score (nSPS) is 11.3. The predicted octanol–water partition coefficient (Wildman–Crippen LogP) is 2.05. The molecule has 0 fully saturated rings. The molecule has 0 unspecified atom stereocenters. The van der Waals surface area contributed by atoms with Crippen molar-refractivity contribution in [1.29, 1.82) is 0 Å². The highest BCUT2D eigenvalue weighted by atomic mass is 16.5. The van der Waals surface area contributed by atoms with E-state index in [0.29, 0.717) is 17.9 Å². The zero-order valence-corrected chi connectivity index (χ0v) is 14.9. The SMILES string of the molecule is COCCn1ccc2c(-n3cc(C(=O)OC)c4n[nH]c(=O)c-4c3)cccc21. The van der Waals surface area contributed by atoms with Crippen LogP contribution < -0.4 is 5.56 Å². The van der Waals surface area contributed by atoms with Gasteiger partial charge in [-0.25, -0.2) is 9.89 Å². The number of esters is 1. The van der Waals surface area contributed by atoms with Crippen LogP contribution in [-0.2, 0) is 16.0 Å². The van der Waals surface area contributed by atoms with Crippen LogP contribution in [0.1, 0.15) is 10.4 Å². The summed E-state index contributed by atoms with van der Waals surface area (Å²) >= 11 is 0. The summed E-state index contributed by atoms with van der Waals surface area (Å²) in [4.78, 5) is 24.3. The molecule has 138 valence electrons. The van der Waals surface area contributed by atoms with Gasteiger partial charge >= 0.3 is 5.97 Å². The van der Waals surface area contributed by atoms with Crippen molar-refractivity contribution in [3.63, 3.8) is 0 Å². The van der Waals surface area contributed by atoms with Crippen molar-refractivity contribution in [2.24, 2.45) is 0 Å². The van der Waals surface area contributed by atoms with Crippen LogP contribution in [0.5, 0.6) is 0 Å². The predicted molar refractivity (Wildman–Crippen MR) is 99.5 cm³/mol. The lowest BCUT2D eigenvalue weighted by molar-refractivity contribution is 0.0600. The van der Waals surface area contributed by atoms with Crippen molar-refractivity contribution in [3.05, 3.63) is 58.8 Å². The molecule has 3 heterocycles. The van der Waals surface area contributed by atoms with Gasteiger partial charge in [0.2, 0.25) is 0 Å². The summed E-state index contributed by atoms with van der Waals surface area (Å²) in [6, 6.07) is 7.89. The van der Waals surface area contributed by atoms with Gasteiger partial charge in [0.1, 0.15) is 11.3 Å². The third kappa shape index (κ3) is 2.80. The molecular weight excluding hydrogens is 348 g/mol. The number of nitrogens with one attached hydrogen (secondary N) is 1. The van der Waals surface area contributed by atoms with Crippen molar-refractivity contribution in [2.75, 3.05) is 20.8 Å². The minimum Gasteiger partial charge on any atom is -0.465 e. The lowest BCUT2D eigenvalue weighted by atomic mass is 10.1. The maximum atomic E-state index is 12.2. The first-order valence-corrected chi connectivity index (χ1v) is 8.40. The number of H-pyrrole nitrogens is 1. The number of hydrogen-bond acceptors (Lipinski definition) is 5. The Labute approximate surface area is 154 Å². The van der Waals surface area contributed by atoms with E-state index < -0.39 is 5.97 Å². The summed E-state index contributed by atoms with van der Waals surface area (Å²) in [5, 5.41) is 7.34. The number of methoxy groups -OCH3 is 2. The molecule has 0 amide bonds. The van der Waals surface area contributed by atoms with Gasteiger partial charge in [0.05, 0.1) is 30.5 Å². The van der Waals surface area contributed by atoms with E-state index in [0.717, 1.165) is 23.1 Å². The Kier molecular flexibility index (Phi) is 4.25. The summed E-state index contributed by atoms with van der Waals surface area (Å²) in [6.45, 7) is 1.33. The van der Waals surface area contributed by atoms with Crippen LogP contribution >= 0.6 is 0 Å². The first-order chi connectivity index (χ1) is 13.1. The van der Waals surface area contributed by atoms with E-state index in [2.05, 4.69) is 14.8 Å². The van der Waals surface area contributed by atoms with E-state index >= 15 is 0 Å². The van der Waals surface area contributed by atoms with Crippen LogP contribution in [0.2, 0.25) is 0 Å². The van der Waals surface area contributed by atoms with E-state index in [4.69, 9.17) is 9.47 Å². The molecule has 0 atom stereocenters. The van der Waals surface area contributed by atoms with Crippen LogP contribution in [0.15, 0.2) is 47.7 Å². The molecule has 1 N–H and O–H groups in total. The Balaban J connectivity index is 1.93. The Bertz CT molecular complexity index is 1150. The third-order valence-electron chi connectivity index (χ3n) is 4.57. The smallest absolute Gasteiger partial charge is 0.341 e. The lowest BCUT2D eigenvalue weighted by Gasteiger charge is -2.13. The maximum absolute atomic E-state index is 12.2. The molecule has 27 heavy (non-hydrogen) atoms. The zero-order chi connectivity index (χ0) is 19.0. The van der Waals surface area contributed by atoms with Gasteiger partial charge in [-0.15, -0.1) is 0 Å². The van der Waals surface area contributed by atoms with Gasteiger partial charge in [-0.05, 0) is 18.2 Å². The van der Waals surface area contributed by atoms with Crippen LogP contribution in [0.4, 0.5) is 0 Å². The molecule has 8 nitrogen and oxygen atoms in total. The summed E-state index contributed by atoms with van der Waals surface area (Å²) in [5.41, 5.74) is 2.38. The van der Waals surface area contributed by atoms with Gasteiger partial charge in [-0.3, -0.25) is 4.79 Å². The van der Waals surface area contributed by atoms with Crippen molar-refractivity contribution in [2.45, 2.75) is 6.54 Å². The number of ether oxygens (including phenoxy) is 2. The lowest BCUT2D eigenvalue weighted by Crippen LogP contribution is -2.11. The number of carbonyl (C=O) groups excluding carboxylic acids is 1. The van der Waals surface area contributed by atoms with Gasteiger partial charge in [0.25, 0.3) is 5.56 Å².